The van der Waals surface area contributed by atoms with Crippen LogP contribution in [0.2, 0.25) is 0 Å². The molecule has 2 aromatic rings. The second-order valence-electron chi connectivity index (χ2n) is 3.93. The predicted octanol–water partition coefficient (Wildman–Crippen LogP) is 3.62. The molecule has 0 saturated heterocycles. The number of aryl methyl sites for hydroxylation is 2. The molecule has 1 aromatic heterocycles. The van der Waals surface area contributed by atoms with Gasteiger partial charge in [-0.2, -0.15) is 5.10 Å². The Balaban J connectivity index is 2.30. The first-order valence-corrected chi connectivity index (χ1v) is 6.40. The van der Waals surface area contributed by atoms with Gasteiger partial charge in [-0.25, -0.2) is 0 Å². The summed E-state index contributed by atoms with van der Waals surface area (Å²) in [7, 11) is 0. The molecule has 0 spiro atoms. The Kier molecular flexibility index (Phi) is 3.83. The van der Waals surface area contributed by atoms with Crippen LogP contribution in [-0.2, 0) is 13.0 Å². The van der Waals surface area contributed by atoms with Crippen molar-refractivity contribution in [3.63, 3.8) is 0 Å². The van der Waals surface area contributed by atoms with Crippen LogP contribution in [0.5, 0.6) is 0 Å². The molecule has 16 heavy (non-hydrogen) atoms. The van der Waals surface area contributed by atoms with Gasteiger partial charge in [-0.1, -0.05) is 18.2 Å². The first kappa shape index (κ1) is 11.5. The van der Waals surface area contributed by atoms with Gasteiger partial charge in [0.1, 0.15) is 0 Å². The van der Waals surface area contributed by atoms with Crippen molar-refractivity contribution >= 4 is 22.5 Å². The monoisotopic (exact) mass is 236 g/mol. The molecule has 0 atom stereocenters. The summed E-state index contributed by atoms with van der Waals surface area (Å²) in [5, 5.41) is 5.94. The summed E-state index contributed by atoms with van der Waals surface area (Å²) in [4.78, 5) is 0. The third kappa shape index (κ3) is 2.22. The lowest BCUT2D eigenvalue weighted by Gasteiger charge is -1.95. The van der Waals surface area contributed by atoms with E-state index < -0.39 is 0 Å². The van der Waals surface area contributed by atoms with Gasteiger partial charge in [0.2, 0.25) is 0 Å². The fourth-order valence-electron chi connectivity index (χ4n) is 2.01. The number of hydrogen-bond donors (Lipinski definition) is 0. The SMILES string of the molecule is CCn1nc(CCCCCl)c2ccccc21. The molecule has 1 heterocycles. The van der Waals surface area contributed by atoms with Crippen molar-refractivity contribution < 1.29 is 0 Å². The fourth-order valence-corrected chi connectivity index (χ4v) is 2.20. The summed E-state index contributed by atoms with van der Waals surface area (Å²) in [6.45, 7) is 3.05. The molecule has 0 aliphatic rings. The molecule has 0 aliphatic carbocycles. The van der Waals surface area contributed by atoms with E-state index in [2.05, 4.69) is 41.0 Å². The lowest BCUT2D eigenvalue weighted by molar-refractivity contribution is 0.658. The van der Waals surface area contributed by atoms with Crippen molar-refractivity contribution in [1.82, 2.24) is 9.78 Å². The third-order valence-electron chi connectivity index (χ3n) is 2.83. The normalized spacial score (nSPS) is 11.1. The highest BCUT2D eigenvalue weighted by atomic mass is 35.5. The Morgan fingerprint density at radius 2 is 2.06 bits per heavy atom. The summed E-state index contributed by atoms with van der Waals surface area (Å²) in [6, 6.07) is 8.44. The molecule has 1 aromatic carbocycles. The Morgan fingerprint density at radius 1 is 1.25 bits per heavy atom. The fraction of sp³-hybridized carbons (Fsp3) is 0.462. The van der Waals surface area contributed by atoms with Gasteiger partial charge in [-0.15, -0.1) is 11.6 Å². The van der Waals surface area contributed by atoms with Gasteiger partial charge >= 0.3 is 0 Å². The third-order valence-corrected chi connectivity index (χ3v) is 3.10. The molecule has 0 bridgehead atoms. The Bertz CT molecular complexity index is 462. The van der Waals surface area contributed by atoms with E-state index >= 15 is 0 Å². The van der Waals surface area contributed by atoms with Crippen LogP contribution in [0.15, 0.2) is 24.3 Å². The standard InChI is InChI=1S/C13H17ClN2/c1-2-16-13-9-4-3-7-11(13)12(15-16)8-5-6-10-14/h3-4,7,9H,2,5-6,8,10H2,1H3. The molecular weight excluding hydrogens is 220 g/mol. The average Bonchev–Trinajstić information content (AvgIpc) is 2.68. The van der Waals surface area contributed by atoms with E-state index in [4.69, 9.17) is 11.6 Å². The van der Waals surface area contributed by atoms with Crippen molar-refractivity contribution in [3.8, 4) is 0 Å². The molecule has 2 rings (SSSR count). The van der Waals surface area contributed by atoms with Crippen molar-refractivity contribution in [1.29, 1.82) is 0 Å². The van der Waals surface area contributed by atoms with Crippen molar-refractivity contribution in [2.45, 2.75) is 32.7 Å². The number of rotatable bonds is 5. The molecule has 0 unspecified atom stereocenters. The zero-order chi connectivity index (χ0) is 11.4. The summed E-state index contributed by atoms with van der Waals surface area (Å²) in [5.41, 5.74) is 2.45. The van der Waals surface area contributed by atoms with Gasteiger partial charge in [0, 0.05) is 17.8 Å². The molecule has 0 saturated carbocycles. The maximum absolute atomic E-state index is 5.69. The highest BCUT2D eigenvalue weighted by molar-refractivity contribution is 6.17. The largest absolute Gasteiger partial charge is 0.265 e. The Labute approximate surface area is 101 Å². The topological polar surface area (TPSA) is 17.8 Å². The first-order valence-electron chi connectivity index (χ1n) is 5.87. The Morgan fingerprint density at radius 3 is 2.81 bits per heavy atom. The summed E-state index contributed by atoms with van der Waals surface area (Å²) < 4.78 is 2.07. The van der Waals surface area contributed by atoms with Gasteiger partial charge < -0.3 is 0 Å². The lowest BCUT2D eigenvalue weighted by atomic mass is 10.1. The highest BCUT2D eigenvalue weighted by Gasteiger charge is 2.07. The van der Waals surface area contributed by atoms with Crippen LogP contribution < -0.4 is 0 Å². The van der Waals surface area contributed by atoms with Crippen molar-refractivity contribution in [3.05, 3.63) is 30.0 Å². The van der Waals surface area contributed by atoms with E-state index in [1.807, 2.05) is 0 Å². The predicted molar refractivity (Wildman–Crippen MR) is 69.1 cm³/mol. The summed E-state index contributed by atoms with van der Waals surface area (Å²) in [5.74, 6) is 0.742. The smallest absolute Gasteiger partial charge is 0.0703 e. The zero-order valence-corrected chi connectivity index (χ0v) is 10.4. The second-order valence-corrected chi connectivity index (χ2v) is 4.30. The number of hydrogen-bond acceptors (Lipinski definition) is 1. The van der Waals surface area contributed by atoms with Crippen LogP contribution in [0.3, 0.4) is 0 Å². The quantitative estimate of drug-likeness (QED) is 0.573. The maximum Gasteiger partial charge on any atom is 0.0703 e. The summed E-state index contributed by atoms with van der Waals surface area (Å²) >= 11 is 5.69. The maximum atomic E-state index is 5.69. The molecule has 2 nitrogen and oxygen atoms in total. The highest BCUT2D eigenvalue weighted by Crippen LogP contribution is 2.19. The van der Waals surface area contributed by atoms with Crippen LogP contribution in [0.25, 0.3) is 10.9 Å². The molecule has 0 amide bonds. The minimum absolute atomic E-state index is 0.742. The van der Waals surface area contributed by atoms with E-state index in [0.717, 1.165) is 31.7 Å². The molecule has 0 aliphatic heterocycles. The molecule has 0 N–H and O–H groups in total. The van der Waals surface area contributed by atoms with Gasteiger partial charge in [0.15, 0.2) is 0 Å². The molecule has 0 fully saturated rings. The number of aromatic nitrogens is 2. The van der Waals surface area contributed by atoms with Crippen molar-refractivity contribution in [2.75, 3.05) is 5.88 Å². The first-order chi connectivity index (χ1) is 7.86. The van der Waals surface area contributed by atoms with Gasteiger partial charge in [-0.05, 0) is 32.3 Å². The van der Waals surface area contributed by atoms with Gasteiger partial charge in [-0.3, -0.25) is 4.68 Å². The van der Waals surface area contributed by atoms with Crippen LogP contribution in [0.1, 0.15) is 25.5 Å². The molecule has 86 valence electrons. The zero-order valence-electron chi connectivity index (χ0n) is 9.62. The number of halogens is 1. The number of alkyl halides is 1. The molecule has 0 radical (unpaired) electrons. The van der Waals surface area contributed by atoms with E-state index in [-0.39, 0.29) is 0 Å². The van der Waals surface area contributed by atoms with Crippen LogP contribution in [0, 0.1) is 0 Å². The number of unbranched alkanes of at least 4 members (excludes halogenated alkanes) is 1. The van der Waals surface area contributed by atoms with E-state index in [1.165, 1.54) is 16.6 Å². The van der Waals surface area contributed by atoms with Crippen LogP contribution in [0.4, 0.5) is 0 Å². The van der Waals surface area contributed by atoms with E-state index in [0.29, 0.717) is 0 Å². The molecular formula is C13H17ClN2. The van der Waals surface area contributed by atoms with Crippen LogP contribution >= 0.6 is 11.6 Å². The van der Waals surface area contributed by atoms with Gasteiger partial charge in [0.05, 0.1) is 11.2 Å². The van der Waals surface area contributed by atoms with E-state index in [9.17, 15) is 0 Å². The minimum Gasteiger partial charge on any atom is -0.265 e. The lowest BCUT2D eigenvalue weighted by Crippen LogP contribution is -1.97. The van der Waals surface area contributed by atoms with Gasteiger partial charge in [0.25, 0.3) is 0 Å². The molecule has 3 heteroatoms. The second kappa shape index (κ2) is 5.35. The average molecular weight is 237 g/mol. The Hall–Kier alpha value is -1.02. The van der Waals surface area contributed by atoms with Crippen molar-refractivity contribution in [2.24, 2.45) is 0 Å². The number of benzene rings is 1. The van der Waals surface area contributed by atoms with E-state index in [1.54, 1.807) is 0 Å². The number of fused-ring (bicyclic) bond motifs is 1. The number of para-hydroxylation sites is 1. The minimum atomic E-state index is 0.742. The summed E-state index contributed by atoms with van der Waals surface area (Å²) in [6.07, 6.45) is 3.21. The number of nitrogens with zero attached hydrogens (tertiary/aromatic N) is 2. The van der Waals surface area contributed by atoms with Crippen LogP contribution in [-0.4, -0.2) is 15.7 Å².